The van der Waals surface area contributed by atoms with Crippen molar-refractivity contribution in [2.24, 2.45) is 12.0 Å². The second-order valence-corrected chi connectivity index (χ2v) is 6.77. The molecule has 0 bridgehead atoms. The number of guanidine groups is 1. The molecule has 1 aromatic carbocycles. The molecule has 2 heterocycles. The molecule has 0 aliphatic carbocycles. The molecular formula is C20H30N6. The van der Waals surface area contributed by atoms with Gasteiger partial charge < -0.3 is 10.6 Å². The van der Waals surface area contributed by atoms with Crippen molar-refractivity contribution in [1.29, 1.82) is 0 Å². The standard InChI is InChI=1S/C20H30N6/c1-3-21-20(22-13-17-14-24-25(2)16-17)23-15-19(26-11-7-8-12-26)18-9-5-4-6-10-18/h4-6,9-10,14,16,19H,3,7-8,11-13,15H2,1-2H3,(H2,21,22,23). The van der Waals surface area contributed by atoms with Crippen LogP contribution in [0.15, 0.2) is 47.7 Å². The van der Waals surface area contributed by atoms with Crippen molar-refractivity contribution >= 4 is 5.96 Å². The summed E-state index contributed by atoms with van der Waals surface area (Å²) in [6.45, 7) is 6.76. The van der Waals surface area contributed by atoms with E-state index in [9.17, 15) is 0 Å². The lowest BCUT2D eigenvalue weighted by Gasteiger charge is -2.29. The largest absolute Gasteiger partial charge is 0.357 e. The Balaban J connectivity index is 1.66. The minimum absolute atomic E-state index is 0.376. The summed E-state index contributed by atoms with van der Waals surface area (Å²) in [5.74, 6) is 0.858. The van der Waals surface area contributed by atoms with Gasteiger partial charge in [0, 0.05) is 31.9 Å². The van der Waals surface area contributed by atoms with Crippen molar-refractivity contribution in [3.63, 3.8) is 0 Å². The summed E-state index contributed by atoms with van der Waals surface area (Å²) in [7, 11) is 1.93. The lowest BCUT2D eigenvalue weighted by Crippen LogP contribution is -2.42. The van der Waals surface area contributed by atoms with E-state index in [-0.39, 0.29) is 0 Å². The highest BCUT2D eigenvalue weighted by atomic mass is 15.2. The third-order valence-corrected chi connectivity index (χ3v) is 4.75. The van der Waals surface area contributed by atoms with E-state index in [4.69, 9.17) is 4.99 Å². The van der Waals surface area contributed by atoms with Crippen molar-refractivity contribution in [3.05, 3.63) is 53.9 Å². The van der Waals surface area contributed by atoms with Crippen LogP contribution in [0.1, 0.15) is 36.9 Å². The van der Waals surface area contributed by atoms with Crippen LogP contribution in [0, 0.1) is 0 Å². The Bertz CT molecular complexity index is 687. The van der Waals surface area contributed by atoms with Crippen molar-refractivity contribution < 1.29 is 0 Å². The van der Waals surface area contributed by atoms with Gasteiger partial charge in [-0.3, -0.25) is 9.58 Å². The van der Waals surface area contributed by atoms with Gasteiger partial charge in [0.15, 0.2) is 5.96 Å². The zero-order valence-corrected chi connectivity index (χ0v) is 15.9. The zero-order valence-electron chi connectivity index (χ0n) is 15.9. The topological polar surface area (TPSA) is 57.5 Å². The Kier molecular flexibility index (Phi) is 6.66. The lowest BCUT2D eigenvalue weighted by molar-refractivity contribution is 0.245. The Morgan fingerprint density at radius 3 is 2.62 bits per heavy atom. The van der Waals surface area contributed by atoms with E-state index >= 15 is 0 Å². The first-order valence-electron chi connectivity index (χ1n) is 9.55. The van der Waals surface area contributed by atoms with Crippen LogP contribution in [0.5, 0.6) is 0 Å². The highest BCUT2D eigenvalue weighted by Crippen LogP contribution is 2.24. The third-order valence-electron chi connectivity index (χ3n) is 4.75. The van der Waals surface area contributed by atoms with Crippen LogP contribution in [0.4, 0.5) is 0 Å². The molecule has 0 radical (unpaired) electrons. The number of likely N-dealkylation sites (tertiary alicyclic amines) is 1. The summed E-state index contributed by atoms with van der Waals surface area (Å²) >= 11 is 0. The van der Waals surface area contributed by atoms with Gasteiger partial charge in [-0.2, -0.15) is 5.10 Å². The Labute approximate surface area is 156 Å². The highest BCUT2D eigenvalue weighted by Gasteiger charge is 2.23. The molecule has 0 saturated carbocycles. The predicted octanol–water partition coefficient (Wildman–Crippen LogP) is 2.31. The van der Waals surface area contributed by atoms with Gasteiger partial charge in [0.25, 0.3) is 0 Å². The number of nitrogens with one attached hydrogen (secondary N) is 2. The number of hydrogen-bond acceptors (Lipinski definition) is 3. The van der Waals surface area contributed by atoms with Crippen LogP contribution >= 0.6 is 0 Å². The Morgan fingerprint density at radius 1 is 1.19 bits per heavy atom. The first-order valence-corrected chi connectivity index (χ1v) is 9.55. The molecule has 3 rings (SSSR count). The van der Waals surface area contributed by atoms with Gasteiger partial charge in [-0.15, -0.1) is 0 Å². The maximum absolute atomic E-state index is 4.71. The molecule has 26 heavy (non-hydrogen) atoms. The summed E-state index contributed by atoms with van der Waals surface area (Å²) in [5, 5.41) is 11.1. The highest BCUT2D eigenvalue weighted by molar-refractivity contribution is 5.79. The van der Waals surface area contributed by atoms with E-state index in [0.717, 1.165) is 24.6 Å². The van der Waals surface area contributed by atoms with Gasteiger partial charge in [-0.1, -0.05) is 30.3 Å². The second-order valence-electron chi connectivity index (χ2n) is 6.77. The first-order chi connectivity index (χ1) is 12.8. The van der Waals surface area contributed by atoms with Gasteiger partial charge in [-0.05, 0) is 38.4 Å². The van der Waals surface area contributed by atoms with Crippen molar-refractivity contribution in [2.75, 3.05) is 26.2 Å². The van der Waals surface area contributed by atoms with Gasteiger partial charge >= 0.3 is 0 Å². The average molecular weight is 355 g/mol. The number of aromatic nitrogens is 2. The molecule has 1 unspecified atom stereocenters. The van der Waals surface area contributed by atoms with Crippen LogP contribution in [0.2, 0.25) is 0 Å². The minimum Gasteiger partial charge on any atom is -0.357 e. The fraction of sp³-hybridized carbons (Fsp3) is 0.500. The maximum atomic E-state index is 4.71. The molecule has 2 aromatic rings. The molecule has 1 aliphatic heterocycles. The average Bonchev–Trinajstić information content (AvgIpc) is 3.33. The van der Waals surface area contributed by atoms with Crippen molar-refractivity contribution in [3.8, 4) is 0 Å². The van der Waals surface area contributed by atoms with E-state index in [0.29, 0.717) is 12.6 Å². The van der Waals surface area contributed by atoms with Gasteiger partial charge in [0.1, 0.15) is 0 Å². The SMILES string of the molecule is CCNC(=NCc1cnn(C)c1)NCC(c1ccccc1)N1CCCC1. The summed E-state index contributed by atoms with van der Waals surface area (Å²) in [5.41, 5.74) is 2.48. The molecular weight excluding hydrogens is 324 g/mol. The third kappa shape index (κ3) is 5.08. The van der Waals surface area contributed by atoms with E-state index in [1.54, 1.807) is 0 Å². The van der Waals surface area contributed by atoms with Crippen LogP contribution < -0.4 is 10.6 Å². The predicted molar refractivity (Wildman–Crippen MR) is 106 cm³/mol. The maximum Gasteiger partial charge on any atom is 0.191 e. The van der Waals surface area contributed by atoms with Crippen LogP contribution in [-0.4, -0.2) is 46.8 Å². The number of benzene rings is 1. The molecule has 140 valence electrons. The lowest BCUT2D eigenvalue weighted by atomic mass is 10.1. The van der Waals surface area contributed by atoms with Gasteiger partial charge in [0.05, 0.1) is 18.8 Å². The molecule has 6 heteroatoms. The molecule has 0 spiro atoms. The van der Waals surface area contributed by atoms with Crippen LogP contribution in [0.25, 0.3) is 0 Å². The molecule has 0 amide bonds. The van der Waals surface area contributed by atoms with E-state index in [2.05, 4.69) is 57.9 Å². The smallest absolute Gasteiger partial charge is 0.191 e. The minimum atomic E-state index is 0.376. The normalized spacial score (nSPS) is 16.6. The molecule has 6 nitrogen and oxygen atoms in total. The van der Waals surface area contributed by atoms with Gasteiger partial charge in [0.2, 0.25) is 0 Å². The molecule has 2 N–H and O–H groups in total. The molecule has 1 atom stereocenters. The molecule has 1 aliphatic rings. The first kappa shape index (κ1) is 18.5. The van der Waals surface area contributed by atoms with E-state index < -0.39 is 0 Å². The summed E-state index contributed by atoms with van der Waals surface area (Å²) in [4.78, 5) is 7.29. The number of rotatable bonds is 7. The Morgan fingerprint density at radius 2 is 1.96 bits per heavy atom. The van der Waals surface area contributed by atoms with E-state index in [1.807, 2.05) is 24.1 Å². The number of hydrogen-bond donors (Lipinski definition) is 2. The zero-order chi connectivity index (χ0) is 18.2. The Hall–Kier alpha value is -2.34. The molecule has 1 saturated heterocycles. The molecule has 1 aromatic heterocycles. The fourth-order valence-corrected chi connectivity index (χ4v) is 3.45. The van der Waals surface area contributed by atoms with Crippen molar-refractivity contribution in [2.45, 2.75) is 32.4 Å². The van der Waals surface area contributed by atoms with E-state index in [1.165, 1.54) is 31.5 Å². The van der Waals surface area contributed by atoms with Crippen LogP contribution in [-0.2, 0) is 13.6 Å². The fourth-order valence-electron chi connectivity index (χ4n) is 3.45. The van der Waals surface area contributed by atoms with Crippen molar-refractivity contribution in [1.82, 2.24) is 25.3 Å². The molecule has 1 fully saturated rings. The number of aryl methyl sites for hydroxylation is 1. The number of nitrogens with zero attached hydrogens (tertiary/aromatic N) is 4. The summed E-state index contributed by atoms with van der Waals surface area (Å²) in [6, 6.07) is 11.2. The second kappa shape index (κ2) is 9.38. The summed E-state index contributed by atoms with van der Waals surface area (Å²) in [6.07, 6.45) is 6.45. The van der Waals surface area contributed by atoms with Crippen LogP contribution in [0.3, 0.4) is 0 Å². The quantitative estimate of drug-likeness (QED) is 0.592. The van der Waals surface area contributed by atoms with Gasteiger partial charge in [-0.25, -0.2) is 4.99 Å². The number of aliphatic imine (C=N–C) groups is 1. The summed E-state index contributed by atoms with van der Waals surface area (Å²) < 4.78 is 1.81. The monoisotopic (exact) mass is 354 g/mol.